The Bertz CT molecular complexity index is 276. The van der Waals surface area contributed by atoms with E-state index in [0.29, 0.717) is 19.0 Å². The van der Waals surface area contributed by atoms with Gasteiger partial charge in [0, 0.05) is 13.2 Å². The Kier molecular flexibility index (Phi) is 3.52. The van der Waals surface area contributed by atoms with Crippen molar-refractivity contribution >= 4 is 0 Å². The summed E-state index contributed by atoms with van der Waals surface area (Å²) in [5, 5.41) is 9.12. The van der Waals surface area contributed by atoms with Gasteiger partial charge in [-0.15, -0.1) is 0 Å². The molecule has 13 heavy (non-hydrogen) atoms. The maximum Gasteiger partial charge on any atom is 0.144 e. The second-order valence-corrected chi connectivity index (χ2v) is 2.62. The standard InChI is InChI=1S/C9H13NO3/c1-7-9(13-4-3-12-2)5-8(11)6-10-7/h5-6,11H,3-4H2,1-2H3. The van der Waals surface area contributed by atoms with Crippen molar-refractivity contribution in [2.24, 2.45) is 0 Å². The zero-order chi connectivity index (χ0) is 9.68. The van der Waals surface area contributed by atoms with Crippen LogP contribution in [0.25, 0.3) is 0 Å². The number of hydrogen-bond donors (Lipinski definition) is 1. The average molecular weight is 183 g/mol. The van der Waals surface area contributed by atoms with Crippen LogP contribution in [0.1, 0.15) is 5.69 Å². The molecule has 0 unspecified atom stereocenters. The monoisotopic (exact) mass is 183 g/mol. The molecule has 0 aliphatic heterocycles. The highest BCUT2D eigenvalue weighted by Gasteiger charge is 2.01. The Morgan fingerprint density at radius 3 is 2.92 bits per heavy atom. The van der Waals surface area contributed by atoms with Gasteiger partial charge in [-0.3, -0.25) is 4.98 Å². The highest BCUT2D eigenvalue weighted by molar-refractivity contribution is 5.33. The molecule has 1 aromatic rings. The first-order valence-electron chi connectivity index (χ1n) is 4.01. The fraction of sp³-hybridized carbons (Fsp3) is 0.444. The van der Waals surface area contributed by atoms with Crippen molar-refractivity contribution in [3.8, 4) is 11.5 Å². The lowest BCUT2D eigenvalue weighted by Gasteiger charge is -2.07. The van der Waals surface area contributed by atoms with E-state index in [1.54, 1.807) is 7.11 Å². The summed E-state index contributed by atoms with van der Waals surface area (Å²) in [4.78, 5) is 3.94. The first-order valence-corrected chi connectivity index (χ1v) is 4.01. The number of aryl methyl sites for hydroxylation is 1. The van der Waals surface area contributed by atoms with Gasteiger partial charge in [0.1, 0.15) is 18.1 Å². The van der Waals surface area contributed by atoms with E-state index >= 15 is 0 Å². The summed E-state index contributed by atoms with van der Waals surface area (Å²) in [6.45, 7) is 2.80. The predicted molar refractivity (Wildman–Crippen MR) is 48.0 cm³/mol. The second-order valence-electron chi connectivity index (χ2n) is 2.62. The summed E-state index contributed by atoms with van der Waals surface area (Å²) in [6, 6.07) is 1.54. The molecule has 0 spiro atoms. The molecule has 0 radical (unpaired) electrons. The molecule has 72 valence electrons. The van der Waals surface area contributed by atoms with E-state index in [9.17, 15) is 0 Å². The van der Waals surface area contributed by atoms with Gasteiger partial charge in [-0.1, -0.05) is 0 Å². The molecule has 4 nitrogen and oxygen atoms in total. The summed E-state index contributed by atoms with van der Waals surface area (Å²) >= 11 is 0. The molecule has 0 aliphatic rings. The SMILES string of the molecule is COCCOc1cc(O)cnc1C. The number of aromatic nitrogens is 1. The summed E-state index contributed by atoms with van der Waals surface area (Å²) in [5.41, 5.74) is 0.758. The van der Waals surface area contributed by atoms with Crippen LogP contribution in [0.15, 0.2) is 12.3 Å². The molecule has 0 aromatic carbocycles. The van der Waals surface area contributed by atoms with Gasteiger partial charge < -0.3 is 14.6 Å². The van der Waals surface area contributed by atoms with Crippen LogP contribution in [0.3, 0.4) is 0 Å². The first kappa shape index (κ1) is 9.80. The highest BCUT2D eigenvalue weighted by Crippen LogP contribution is 2.20. The number of ether oxygens (including phenoxy) is 2. The van der Waals surface area contributed by atoms with Gasteiger partial charge in [0.2, 0.25) is 0 Å². The molecule has 4 heteroatoms. The topological polar surface area (TPSA) is 51.6 Å². The van der Waals surface area contributed by atoms with E-state index in [1.165, 1.54) is 12.3 Å². The van der Waals surface area contributed by atoms with Gasteiger partial charge in [0.25, 0.3) is 0 Å². The van der Waals surface area contributed by atoms with E-state index in [1.807, 2.05) is 6.92 Å². The van der Waals surface area contributed by atoms with E-state index < -0.39 is 0 Å². The normalized spacial score (nSPS) is 10.0. The van der Waals surface area contributed by atoms with Crippen LogP contribution in [0, 0.1) is 6.92 Å². The lowest BCUT2D eigenvalue weighted by atomic mass is 10.3. The number of rotatable bonds is 4. The minimum atomic E-state index is 0.109. The van der Waals surface area contributed by atoms with Gasteiger partial charge in [0.05, 0.1) is 18.5 Å². The Morgan fingerprint density at radius 2 is 2.23 bits per heavy atom. The third kappa shape index (κ3) is 2.91. The van der Waals surface area contributed by atoms with Gasteiger partial charge in [-0.2, -0.15) is 0 Å². The van der Waals surface area contributed by atoms with Gasteiger partial charge in [-0.05, 0) is 6.92 Å². The molecular weight excluding hydrogens is 170 g/mol. The molecule has 0 saturated carbocycles. The highest BCUT2D eigenvalue weighted by atomic mass is 16.5. The third-order valence-corrected chi connectivity index (χ3v) is 1.57. The first-order chi connectivity index (χ1) is 6.24. The third-order valence-electron chi connectivity index (χ3n) is 1.57. The minimum absolute atomic E-state index is 0.109. The molecule has 0 saturated heterocycles. The largest absolute Gasteiger partial charge is 0.506 e. The van der Waals surface area contributed by atoms with Crippen molar-refractivity contribution < 1.29 is 14.6 Å². The molecule has 1 N–H and O–H groups in total. The van der Waals surface area contributed by atoms with Gasteiger partial charge >= 0.3 is 0 Å². The quantitative estimate of drug-likeness (QED) is 0.711. The van der Waals surface area contributed by atoms with Crippen LogP contribution in [-0.2, 0) is 4.74 Å². The Labute approximate surface area is 77.1 Å². The van der Waals surface area contributed by atoms with Crippen LogP contribution in [-0.4, -0.2) is 30.4 Å². The smallest absolute Gasteiger partial charge is 0.144 e. The van der Waals surface area contributed by atoms with Gasteiger partial charge in [-0.25, -0.2) is 0 Å². The fourth-order valence-corrected chi connectivity index (χ4v) is 0.884. The van der Waals surface area contributed by atoms with Crippen molar-refractivity contribution in [3.63, 3.8) is 0 Å². The number of methoxy groups -OCH3 is 1. The van der Waals surface area contributed by atoms with Crippen molar-refractivity contribution in [1.29, 1.82) is 0 Å². The summed E-state index contributed by atoms with van der Waals surface area (Å²) < 4.78 is 10.1. The summed E-state index contributed by atoms with van der Waals surface area (Å²) in [5.74, 6) is 0.704. The predicted octanol–water partition coefficient (Wildman–Crippen LogP) is 1.12. The van der Waals surface area contributed by atoms with Crippen molar-refractivity contribution in [1.82, 2.24) is 4.98 Å². The van der Waals surface area contributed by atoms with Gasteiger partial charge in [0.15, 0.2) is 0 Å². The van der Waals surface area contributed by atoms with Crippen molar-refractivity contribution in [2.75, 3.05) is 20.3 Å². The minimum Gasteiger partial charge on any atom is -0.506 e. The zero-order valence-electron chi connectivity index (χ0n) is 7.78. The van der Waals surface area contributed by atoms with E-state index in [4.69, 9.17) is 14.6 Å². The molecular formula is C9H13NO3. The number of hydrogen-bond acceptors (Lipinski definition) is 4. The average Bonchev–Trinajstić information content (AvgIpc) is 2.11. The summed E-state index contributed by atoms with van der Waals surface area (Å²) in [6.07, 6.45) is 1.39. The van der Waals surface area contributed by atoms with Crippen LogP contribution < -0.4 is 4.74 Å². The van der Waals surface area contributed by atoms with Crippen LogP contribution in [0.5, 0.6) is 11.5 Å². The van der Waals surface area contributed by atoms with Crippen LogP contribution in [0.4, 0.5) is 0 Å². The lowest BCUT2D eigenvalue weighted by Crippen LogP contribution is -2.05. The van der Waals surface area contributed by atoms with Crippen molar-refractivity contribution in [3.05, 3.63) is 18.0 Å². The zero-order valence-corrected chi connectivity index (χ0v) is 7.78. The Morgan fingerprint density at radius 1 is 1.46 bits per heavy atom. The molecule has 1 aromatic heterocycles. The molecule has 0 amide bonds. The number of pyridine rings is 1. The molecule has 0 fully saturated rings. The Hall–Kier alpha value is -1.29. The molecule has 1 heterocycles. The fourth-order valence-electron chi connectivity index (χ4n) is 0.884. The molecule has 0 atom stereocenters. The maximum atomic E-state index is 9.12. The number of aromatic hydroxyl groups is 1. The van der Waals surface area contributed by atoms with E-state index in [-0.39, 0.29) is 5.75 Å². The second kappa shape index (κ2) is 4.67. The molecule has 0 bridgehead atoms. The van der Waals surface area contributed by atoms with E-state index in [2.05, 4.69) is 4.98 Å². The van der Waals surface area contributed by atoms with E-state index in [0.717, 1.165) is 5.69 Å². The van der Waals surface area contributed by atoms with Crippen LogP contribution in [0.2, 0.25) is 0 Å². The maximum absolute atomic E-state index is 9.12. The van der Waals surface area contributed by atoms with Crippen LogP contribution >= 0.6 is 0 Å². The molecule has 0 aliphatic carbocycles. The number of nitrogens with zero attached hydrogens (tertiary/aromatic N) is 1. The lowest BCUT2D eigenvalue weighted by molar-refractivity contribution is 0.145. The Balaban J connectivity index is 2.59. The van der Waals surface area contributed by atoms with Crippen molar-refractivity contribution in [2.45, 2.75) is 6.92 Å². The molecule has 1 rings (SSSR count). The summed E-state index contributed by atoms with van der Waals surface area (Å²) in [7, 11) is 1.61.